The lowest BCUT2D eigenvalue weighted by Crippen LogP contribution is -2.35. The summed E-state index contributed by atoms with van der Waals surface area (Å²) >= 11 is 6.02. The Balaban J connectivity index is 1.46. The summed E-state index contributed by atoms with van der Waals surface area (Å²) in [5.74, 6) is 0.0729. The van der Waals surface area contributed by atoms with E-state index in [9.17, 15) is 15.3 Å². The Morgan fingerprint density at radius 3 is 2.48 bits per heavy atom. The zero-order valence-electron chi connectivity index (χ0n) is 18.5. The number of aliphatic hydroxyl groups excluding tert-OH is 2. The number of hydrogen-bond acceptors (Lipinski definition) is 5. The Morgan fingerprint density at radius 2 is 1.76 bits per heavy atom. The van der Waals surface area contributed by atoms with E-state index >= 15 is 0 Å². The standard InChI is InChI=1S/C27H30ClNO4/c28-22-8-6-20(7-9-22)27-13-11-24(33-27)16-29(15-19-4-2-1-3-5-19)17-26(32)25-12-10-23(31)14-21(25)18-30/h1-10,12,14,24,26-27,30-32H,11,13,15-18H2. The van der Waals surface area contributed by atoms with Crippen LogP contribution in [-0.2, 0) is 17.9 Å². The molecule has 3 aromatic carbocycles. The molecule has 1 heterocycles. The first-order chi connectivity index (χ1) is 16.0. The van der Waals surface area contributed by atoms with Gasteiger partial charge in [0.2, 0.25) is 0 Å². The molecule has 0 aliphatic carbocycles. The molecule has 3 atom stereocenters. The van der Waals surface area contributed by atoms with Gasteiger partial charge >= 0.3 is 0 Å². The highest BCUT2D eigenvalue weighted by Gasteiger charge is 2.29. The highest BCUT2D eigenvalue weighted by atomic mass is 35.5. The molecule has 3 N–H and O–H groups in total. The first kappa shape index (κ1) is 23.7. The number of nitrogens with zero attached hydrogens (tertiary/aromatic N) is 1. The number of rotatable bonds is 9. The fourth-order valence-electron chi connectivity index (χ4n) is 4.49. The number of ether oxygens (including phenoxy) is 1. The second kappa shape index (κ2) is 11.1. The summed E-state index contributed by atoms with van der Waals surface area (Å²) in [6.45, 7) is 1.50. The molecule has 0 amide bonds. The van der Waals surface area contributed by atoms with Gasteiger partial charge in [0, 0.05) is 24.7 Å². The van der Waals surface area contributed by atoms with Crippen LogP contribution in [0.25, 0.3) is 0 Å². The maximum Gasteiger partial charge on any atom is 0.115 e. The second-order valence-electron chi connectivity index (χ2n) is 8.61. The van der Waals surface area contributed by atoms with Gasteiger partial charge in [-0.1, -0.05) is 60.1 Å². The van der Waals surface area contributed by atoms with Crippen molar-refractivity contribution in [2.24, 2.45) is 0 Å². The topological polar surface area (TPSA) is 73.2 Å². The van der Waals surface area contributed by atoms with Gasteiger partial charge in [-0.2, -0.15) is 0 Å². The fraction of sp³-hybridized carbons (Fsp3) is 0.333. The van der Waals surface area contributed by atoms with Crippen molar-refractivity contribution in [3.05, 3.63) is 100 Å². The quantitative estimate of drug-likeness (QED) is 0.413. The highest BCUT2D eigenvalue weighted by Crippen LogP contribution is 2.34. The van der Waals surface area contributed by atoms with Crippen molar-refractivity contribution in [3.8, 4) is 5.75 Å². The molecule has 1 saturated heterocycles. The first-order valence-corrected chi connectivity index (χ1v) is 11.7. The van der Waals surface area contributed by atoms with Gasteiger partial charge in [-0.25, -0.2) is 0 Å². The maximum absolute atomic E-state index is 11.0. The van der Waals surface area contributed by atoms with Crippen LogP contribution < -0.4 is 0 Å². The van der Waals surface area contributed by atoms with Crippen LogP contribution in [0.3, 0.4) is 0 Å². The summed E-state index contributed by atoms with van der Waals surface area (Å²) in [5.41, 5.74) is 3.44. The van der Waals surface area contributed by atoms with Gasteiger partial charge in [0.05, 0.1) is 24.9 Å². The summed E-state index contributed by atoms with van der Waals surface area (Å²) in [7, 11) is 0. The molecule has 1 fully saturated rings. The van der Waals surface area contributed by atoms with E-state index in [-0.39, 0.29) is 24.6 Å². The van der Waals surface area contributed by atoms with E-state index in [0.717, 1.165) is 24.0 Å². The Bertz CT molecular complexity index is 1030. The number of aromatic hydroxyl groups is 1. The summed E-state index contributed by atoms with van der Waals surface area (Å²) in [4.78, 5) is 2.20. The lowest BCUT2D eigenvalue weighted by atomic mass is 10.0. The highest BCUT2D eigenvalue weighted by molar-refractivity contribution is 6.30. The van der Waals surface area contributed by atoms with Crippen LogP contribution in [0.1, 0.15) is 47.3 Å². The molecule has 0 spiro atoms. The molecule has 0 aromatic heterocycles. The second-order valence-corrected chi connectivity index (χ2v) is 9.05. The van der Waals surface area contributed by atoms with E-state index in [1.807, 2.05) is 42.5 Å². The third-order valence-corrected chi connectivity index (χ3v) is 6.40. The van der Waals surface area contributed by atoms with Gasteiger partial charge in [0.15, 0.2) is 0 Å². The van der Waals surface area contributed by atoms with Gasteiger partial charge in [-0.15, -0.1) is 0 Å². The molecule has 3 unspecified atom stereocenters. The molecule has 33 heavy (non-hydrogen) atoms. The van der Waals surface area contributed by atoms with Crippen LogP contribution in [0.2, 0.25) is 5.02 Å². The van der Waals surface area contributed by atoms with Crippen LogP contribution in [-0.4, -0.2) is 39.4 Å². The maximum atomic E-state index is 11.0. The molecule has 4 rings (SSSR count). The lowest BCUT2D eigenvalue weighted by Gasteiger charge is -2.28. The predicted octanol–water partition coefficient (Wildman–Crippen LogP) is 4.99. The number of hydrogen-bond donors (Lipinski definition) is 3. The van der Waals surface area contributed by atoms with Crippen LogP contribution in [0.15, 0.2) is 72.8 Å². The van der Waals surface area contributed by atoms with Gasteiger partial charge < -0.3 is 20.1 Å². The number of phenols is 1. The molecule has 6 heteroatoms. The predicted molar refractivity (Wildman–Crippen MR) is 129 cm³/mol. The molecule has 1 aliphatic heterocycles. The van der Waals surface area contributed by atoms with E-state index in [2.05, 4.69) is 17.0 Å². The molecule has 5 nitrogen and oxygen atoms in total. The normalized spacial score (nSPS) is 19.2. The van der Waals surface area contributed by atoms with Crippen molar-refractivity contribution in [3.63, 3.8) is 0 Å². The van der Waals surface area contributed by atoms with E-state index in [1.165, 1.54) is 12.1 Å². The number of phenolic OH excluding ortho intramolecular Hbond substituents is 1. The Hall–Kier alpha value is -2.41. The van der Waals surface area contributed by atoms with Crippen molar-refractivity contribution in [2.75, 3.05) is 13.1 Å². The van der Waals surface area contributed by atoms with E-state index in [1.54, 1.807) is 6.07 Å². The SMILES string of the molecule is OCc1cc(O)ccc1C(O)CN(Cc1ccccc1)CC1CCC(c2ccc(Cl)cc2)O1. The fourth-order valence-corrected chi connectivity index (χ4v) is 4.62. The zero-order valence-corrected chi connectivity index (χ0v) is 19.2. The summed E-state index contributed by atoms with van der Waals surface area (Å²) in [6, 6.07) is 22.7. The largest absolute Gasteiger partial charge is 0.508 e. The van der Waals surface area contributed by atoms with Crippen molar-refractivity contribution in [1.82, 2.24) is 4.90 Å². The summed E-state index contributed by atoms with van der Waals surface area (Å²) in [5, 5.41) is 31.1. The molecular formula is C27H30ClNO4. The van der Waals surface area contributed by atoms with Crippen LogP contribution >= 0.6 is 11.6 Å². The molecular weight excluding hydrogens is 438 g/mol. The van der Waals surface area contributed by atoms with Gasteiger partial charge in [-0.05, 0) is 59.4 Å². The first-order valence-electron chi connectivity index (χ1n) is 11.3. The molecule has 0 bridgehead atoms. The van der Waals surface area contributed by atoms with Gasteiger partial charge in [0.25, 0.3) is 0 Å². The molecule has 174 valence electrons. The van der Waals surface area contributed by atoms with Crippen LogP contribution in [0.4, 0.5) is 0 Å². The van der Waals surface area contributed by atoms with Crippen molar-refractivity contribution in [1.29, 1.82) is 0 Å². The van der Waals surface area contributed by atoms with Crippen molar-refractivity contribution in [2.45, 2.75) is 44.3 Å². The van der Waals surface area contributed by atoms with Crippen LogP contribution in [0.5, 0.6) is 5.75 Å². The Labute approximate surface area is 199 Å². The van der Waals surface area contributed by atoms with Crippen LogP contribution in [0, 0.1) is 0 Å². The third-order valence-electron chi connectivity index (χ3n) is 6.15. The smallest absolute Gasteiger partial charge is 0.115 e. The molecule has 0 saturated carbocycles. The summed E-state index contributed by atoms with van der Waals surface area (Å²) < 4.78 is 6.36. The number of halogens is 1. The van der Waals surface area contributed by atoms with Crippen molar-refractivity contribution < 1.29 is 20.1 Å². The average molecular weight is 468 g/mol. The Morgan fingerprint density at radius 1 is 1.00 bits per heavy atom. The molecule has 1 aliphatic rings. The van der Waals surface area contributed by atoms with Gasteiger partial charge in [-0.3, -0.25) is 4.90 Å². The van der Waals surface area contributed by atoms with E-state index in [4.69, 9.17) is 16.3 Å². The minimum Gasteiger partial charge on any atom is -0.508 e. The van der Waals surface area contributed by atoms with Gasteiger partial charge in [0.1, 0.15) is 5.75 Å². The Kier molecular flexibility index (Phi) is 8.02. The molecule has 3 aromatic rings. The summed E-state index contributed by atoms with van der Waals surface area (Å²) in [6.07, 6.45) is 1.19. The monoisotopic (exact) mass is 467 g/mol. The van der Waals surface area contributed by atoms with E-state index < -0.39 is 6.10 Å². The molecule has 0 radical (unpaired) electrons. The average Bonchev–Trinajstić information content (AvgIpc) is 3.28. The van der Waals surface area contributed by atoms with Crippen molar-refractivity contribution >= 4 is 11.6 Å². The number of aliphatic hydroxyl groups is 2. The zero-order chi connectivity index (χ0) is 23.2. The van der Waals surface area contributed by atoms with E-state index in [0.29, 0.717) is 35.8 Å². The lowest BCUT2D eigenvalue weighted by molar-refractivity contribution is 0.00947. The third kappa shape index (κ3) is 6.34. The minimum atomic E-state index is -0.801. The number of benzene rings is 3. The minimum absolute atomic E-state index is 0.0499.